The third kappa shape index (κ3) is 3.73. The van der Waals surface area contributed by atoms with E-state index in [9.17, 15) is 4.79 Å². The van der Waals surface area contributed by atoms with E-state index in [1.165, 1.54) is 5.56 Å². The average molecular weight is 340 g/mol. The molecule has 0 radical (unpaired) electrons. The van der Waals surface area contributed by atoms with E-state index in [1.54, 1.807) is 0 Å². The normalized spacial score (nSPS) is 18.5. The molecule has 2 rings (SSSR count). The average Bonchev–Trinajstić information content (AvgIpc) is 2.90. The van der Waals surface area contributed by atoms with Crippen LogP contribution in [0.15, 0.2) is 22.7 Å². The molecule has 0 aliphatic carbocycles. The Morgan fingerprint density at radius 1 is 1.55 bits per heavy atom. The Hall–Kier alpha value is -1.07. The molecule has 1 unspecified atom stereocenters. The van der Waals surface area contributed by atoms with Gasteiger partial charge in [-0.05, 0) is 37.1 Å². The lowest BCUT2D eigenvalue weighted by molar-refractivity contribution is -0.121. The summed E-state index contributed by atoms with van der Waals surface area (Å²) in [6.45, 7) is 5.69. The molecule has 1 fully saturated rings. The first-order valence-electron chi connectivity index (χ1n) is 7.15. The fourth-order valence-electron chi connectivity index (χ4n) is 2.50. The van der Waals surface area contributed by atoms with Crippen LogP contribution in [0.4, 0.5) is 5.69 Å². The second-order valence-electron chi connectivity index (χ2n) is 5.29. The van der Waals surface area contributed by atoms with Gasteiger partial charge in [-0.2, -0.15) is 0 Å². The van der Waals surface area contributed by atoms with E-state index in [-0.39, 0.29) is 11.8 Å². The van der Waals surface area contributed by atoms with E-state index in [0.29, 0.717) is 0 Å². The highest BCUT2D eigenvalue weighted by Crippen LogP contribution is 2.28. The zero-order chi connectivity index (χ0) is 14.5. The Kier molecular flexibility index (Phi) is 5.43. The Balaban J connectivity index is 2.00. The van der Waals surface area contributed by atoms with Crippen LogP contribution < -0.4 is 16.0 Å². The van der Waals surface area contributed by atoms with Crippen molar-refractivity contribution in [2.75, 3.05) is 24.5 Å². The van der Waals surface area contributed by atoms with Gasteiger partial charge < -0.3 is 16.0 Å². The summed E-state index contributed by atoms with van der Waals surface area (Å²) in [4.78, 5) is 13.4. The van der Waals surface area contributed by atoms with Crippen LogP contribution in [0.5, 0.6) is 0 Å². The summed E-state index contributed by atoms with van der Waals surface area (Å²) in [7, 11) is 0. The van der Waals surface area contributed by atoms with Crippen LogP contribution in [-0.2, 0) is 11.3 Å². The van der Waals surface area contributed by atoms with Crippen LogP contribution in [0.25, 0.3) is 0 Å². The Morgan fingerprint density at radius 3 is 2.95 bits per heavy atom. The van der Waals surface area contributed by atoms with Crippen molar-refractivity contribution >= 4 is 27.5 Å². The third-order valence-corrected chi connectivity index (χ3v) is 4.47. The van der Waals surface area contributed by atoms with Crippen LogP contribution in [0.3, 0.4) is 0 Å². The number of benzene rings is 1. The molecule has 0 bridgehead atoms. The highest BCUT2D eigenvalue weighted by atomic mass is 79.9. The fourth-order valence-corrected chi connectivity index (χ4v) is 3.01. The highest BCUT2D eigenvalue weighted by molar-refractivity contribution is 9.10. The molecule has 0 saturated carbocycles. The molecular weight excluding hydrogens is 318 g/mol. The van der Waals surface area contributed by atoms with E-state index in [4.69, 9.17) is 5.73 Å². The molecule has 1 heterocycles. The minimum atomic E-state index is -0.188. The molecule has 20 heavy (non-hydrogen) atoms. The first-order valence-corrected chi connectivity index (χ1v) is 7.94. The second-order valence-corrected chi connectivity index (χ2v) is 6.14. The summed E-state index contributed by atoms with van der Waals surface area (Å²) in [5.74, 6) is -0.202. The number of nitrogens with zero attached hydrogens (tertiary/aromatic N) is 1. The maximum atomic E-state index is 11.2. The molecule has 1 saturated heterocycles. The first kappa shape index (κ1) is 15.3. The Morgan fingerprint density at radius 2 is 2.35 bits per heavy atom. The summed E-state index contributed by atoms with van der Waals surface area (Å²) in [5, 5.41) is 3.40. The molecule has 3 N–H and O–H groups in total. The van der Waals surface area contributed by atoms with Crippen LogP contribution in [0.1, 0.15) is 25.3 Å². The number of rotatable bonds is 6. The van der Waals surface area contributed by atoms with Gasteiger partial charge in [-0.25, -0.2) is 0 Å². The van der Waals surface area contributed by atoms with Crippen LogP contribution in [0.2, 0.25) is 0 Å². The molecule has 1 aliphatic rings. The minimum Gasteiger partial charge on any atom is -0.371 e. The predicted molar refractivity (Wildman–Crippen MR) is 85.7 cm³/mol. The topological polar surface area (TPSA) is 58.4 Å². The summed E-state index contributed by atoms with van der Waals surface area (Å²) in [6.07, 6.45) is 1.99. The molecule has 1 aliphatic heterocycles. The number of hydrogen-bond acceptors (Lipinski definition) is 3. The van der Waals surface area contributed by atoms with Gasteiger partial charge in [-0.1, -0.05) is 28.9 Å². The van der Waals surface area contributed by atoms with Gasteiger partial charge in [-0.3, -0.25) is 4.79 Å². The fraction of sp³-hybridized carbons (Fsp3) is 0.533. The molecule has 110 valence electrons. The van der Waals surface area contributed by atoms with E-state index in [2.05, 4.69) is 51.3 Å². The summed E-state index contributed by atoms with van der Waals surface area (Å²) in [6, 6.07) is 6.39. The van der Waals surface area contributed by atoms with E-state index >= 15 is 0 Å². The Labute approximate surface area is 128 Å². The van der Waals surface area contributed by atoms with Crippen LogP contribution in [0, 0.1) is 5.92 Å². The molecule has 0 spiro atoms. The molecule has 1 aromatic carbocycles. The van der Waals surface area contributed by atoms with Gasteiger partial charge in [0.1, 0.15) is 0 Å². The van der Waals surface area contributed by atoms with Crippen LogP contribution in [-0.4, -0.2) is 25.5 Å². The number of nitrogens with two attached hydrogens (primary N) is 1. The number of amides is 1. The molecule has 5 heteroatoms. The standard InChI is InChI=1S/C15H22BrN3O/c1-2-6-18-9-11-3-4-13(8-14(11)16)19-7-5-12(10-19)15(17)20/h3-4,8,12,18H,2,5-7,9-10H2,1H3,(H2,17,20). The molecule has 1 atom stereocenters. The van der Waals surface area contributed by atoms with Gasteiger partial charge in [0.2, 0.25) is 5.91 Å². The van der Waals surface area contributed by atoms with Crippen molar-refractivity contribution in [3.63, 3.8) is 0 Å². The van der Waals surface area contributed by atoms with Gasteiger partial charge >= 0.3 is 0 Å². The van der Waals surface area contributed by atoms with Crippen molar-refractivity contribution in [3.05, 3.63) is 28.2 Å². The zero-order valence-corrected chi connectivity index (χ0v) is 13.4. The Bertz CT molecular complexity index is 478. The maximum Gasteiger partial charge on any atom is 0.222 e. The lowest BCUT2D eigenvalue weighted by Crippen LogP contribution is -2.27. The number of halogens is 1. The van der Waals surface area contributed by atoms with E-state index < -0.39 is 0 Å². The smallest absolute Gasteiger partial charge is 0.222 e. The summed E-state index contributed by atoms with van der Waals surface area (Å²) < 4.78 is 1.11. The van der Waals surface area contributed by atoms with Crippen LogP contribution >= 0.6 is 15.9 Å². The first-order chi connectivity index (χ1) is 9.61. The maximum absolute atomic E-state index is 11.2. The van der Waals surface area contributed by atoms with E-state index in [0.717, 1.165) is 49.2 Å². The minimum absolute atomic E-state index is 0.0142. The zero-order valence-electron chi connectivity index (χ0n) is 11.9. The van der Waals surface area contributed by atoms with Gasteiger partial charge in [-0.15, -0.1) is 0 Å². The van der Waals surface area contributed by atoms with Crippen molar-refractivity contribution in [1.82, 2.24) is 5.32 Å². The third-order valence-electron chi connectivity index (χ3n) is 3.73. The largest absolute Gasteiger partial charge is 0.371 e. The van der Waals surface area contributed by atoms with Gasteiger partial charge in [0, 0.05) is 29.8 Å². The van der Waals surface area contributed by atoms with Crippen molar-refractivity contribution < 1.29 is 4.79 Å². The number of primary amides is 1. The summed E-state index contributed by atoms with van der Waals surface area (Å²) >= 11 is 3.63. The SMILES string of the molecule is CCCNCc1ccc(N2CCC(C(N)=O)C2)cc1Br. The monoisotopic (exact) mass is 339 g/mol. The number of carbonyl (C=O) groups is 1. The van der Waals surface area contributed by atoms with Crippen molar-refractivity contribution in [1.29, 1.82) is 0 Å². The van der Waals surface area contributed by atoms with E-state index in [1.807, 2.05) is 0 Å². The molecular formula is C15H22BrN3O. The lowest BCUT2D eigenvalue weighted by Gasteiger charge is -2.19. The number of hydrogen-bond donors (Lipinski definition) is 2. The van der Waals surface area contributed by atoms with Crippen molar-refractivity contribution in [2.24, 2.45) is 11.7 Å². The number of anilines is 1. The highest BCUT2D eigenvalue weighted by Gasteiger charge is 2.26. The summed E-state index contributed by atoms with van der Waals surface area (Å²) in [5.41, 5.74) is 7.79. The van der Waals surface area contributed by atoms with Gasteiger partial charge in [0.05, 0.1) is 5.92 Å². The quantitative estimate of drug-likeness (QED) is 0.781. The van der Waals surface area contributed by atoms with Crippen molar-refractivity contribution in [3.8, 4) is 0 Å². The number of nitrogens with one attached hydrogen (secondary N) is 1. The molecule has 1 amide bonds. The number of carbonyl (C=O) groups excluding carboxylic acids is 1. The van der Waals surface area contributed by atoms with Crippen molar-refractivity contribution in [2.45, 2.75) is 26.3 Å². The molecule has 0 aromatic heterocycles. The van der Waals surface area contributed by atoms with Gasteiger partial charge in [0.15, 0.2) is 0 Å². The molecule has 1 aromatic rings. The molecule has 4 nitrogen and oxygen atoms in total. The predicted octanol–water partition coefficient (Wildman–Crippen LogP) is 2.26. The lowest BCUT2D eigenvalue weighted by atomic mass is 10.1. The van der Waals surface area contributed by atoms with Gasteiger partial charge in [0.25, 0.3) is 0 Å². The second kappa shape index (κ2) is 7.09.